The van der Waals surface area contributed by atoms with Crippen LogP contribution in [0.3, 0.4) is 0 Å². The molecule has 0 aromatic rings. The van der Waals surface area contributed by atoms with Crippen LogP contribution in [0.1, 0.15) is 0 Å². The van der Waals surface area contributed by atoms with Crippen molar-refractivity contribution in [2.24, 2.45) is 0 Å². The molecule has 22 heavy (non-hydrogen) atoms. The lowest BCUT2D eigenvalue weighted by molar-refractivity contribution is -0.107. The van der Waals surface area contributed by atoms with Crippen LogP contribution in [0.15, 0.2) is 0 Å². The van der Waals surface area contributed by atoms with Crippen molar-refractivity contribution in [3.63, 3.8) is 0 Å². The monoisotopic (exact) mass is 330 g/mol. The van der Waals surface area contributed by atoms with E-state index in [-0.39, 0.29) is 0 Å². The zero-order valence-electron chi connectivity index (χ0n) is 11.7. The second kappa shape index (κ2) is 11.2. The molecule has 11 nitrogen and oxygen atoms in total. The molecule has 0 radical (unpaired) electrons. The second-order valence-corrected chi connectivity index (χ2v) is 4.55. The molecule has 12 heteroatoms. The van der Waals surface area contributed by atoms with Crippen LogP contribution in [0.5, 0.6) is 0 Å². The van der Waals surface area contributed by atoms with Crippen molar-refractivity contribution in [2.75, 3.05) is 26.4 Å². The minimum atomic E-state index is -2.04. The number of aliphatic hydroxyl groups is 8. The number of rotatable bonds is 12. The van der Waals surface area contributed by atoms with Gasteiger partial charge in [-0.1, -0.05) is 0 Å². The number of hydrogen-bond acceptors (Lipinski definition) is 11. The van der Waals surface area contributed by atoms with Crippen molar-refractivity contribution in [3.05, 3.63) is 0 Å². The molecule has 0 aliphatic rings. The fourth-order valence-electron chi connectivity index (χ4n) is 1.42. The zero-order valence-corrected chi connectivity index (χ0v) is 11.7. The Kier molecular flexibility index (Phi) is 11.0. The van der Waals surface area contributed by atoms with E-state index in [9.17, 15) is 25.5 Å². The maximum Gasteiger partial charge on any atom is 0.637 e. The SMILES string of the molecule is OCC(O)C(O)C(O)COB(O)OC(CO)C(O)C(O)CO. The van der Waals surface area contributed by atoms with Crippen molar-refractivity contribution in [1.82, 2.24) is 0 Å². The highest BCUT2D eigenvalue weighted by molar-refractivity contribution is 6.34. The topological polar surface area (TPSA) is 201 Å². The van der Waals surface area contributed by atoms with Gasteiger partial charge in [-0.2, -0.15) is 0 Å². The summed E-state index contributed by atoms with van der Waals surface area (Å²) in [7, 11) is -2.04. The summed E-state index contributed by atoms with van der Waals surface area (Å²) in [4.78, 5) is 0. The minimum absolute atomic E-state index is 0.698. The van der Waals surface area contributed by atoms with Crippen LogP contribution in [0.25, 0.3) is 0 Å². The van der Waals surface area contributed by atoms with E-state index in [0.29, 0.717) is 0 Å². The Bertz CT molecular complexity index is 284. The molecule has 0 fully saturated rings. The minimum Gasteiger partial charge on any atom is -0.402 e. The van der Waals surface area contributed by atoms with Crippen molar-refractivity contribution in [3.8, 4) is 0 Å². The standard InChI is InChI=1S/C10H23BO11/c12-1-5(15)9(18)7(17)4-21-11(20)22-8(3-14)10(19)6(16)2-13/h5-10,12-20H,1-4H2. The largest absolute Gasteiger partial charge is 0.637 e. The average molecular weight is 330 g/mol. The highest BCUT2D eigenvalue weighted by atomic mass is 16.7. The van der Waals surface area contributed by atoms with Gasteiger partial charge in [-0.05, 0) is 0 Å². The Balaban J connectivity index is 4.28. The highest BCUT2D eigenvalue weighted by Gasteiger charge is 2.32. The van der Waals surface area contributed by atoms with E-state index < -0.39 is 70.4 Å². The molecule has 0 spiro atoms. The lowest BCUT2D eigenvalue weighted by atomic mass is 10.1. The molecule has 0 saturated heterocycles. The smallest absolute Gasteiger partial charge is 0.402 e. The van der Waals surface area contributed by atoms with Gasteiger partial charge in [0.05, 0.1) is 32.5 Å². The van der Waals surface area contributed by atoms with Gasteiger partial charge < -0.3 is 55.2 Å². The Hall–Kier alpha value is -0.375. The third-order valence-corrected chi connectivity index (χ3v) is 2.82. The van der Waals surface area contributed by atoms with Gasteiger partial charge in [0.1, 0.15) is 30.5 Å². The van der Waals surface area contributed by atoms with Crippen LogP contribution < -0.4 is 0 Å². The summed E-state index contributed by atoms with van der Waals surface area (Å²) >= 11 is 0. The fourth-order valence-corrected chi connectivity index (χ4v) is 1.42. The summed E-state index contributed by atoms with van der Waals surface area (Å²) in [6, 6.07) is 0. The number of aliphatic hydroxyl groups excluding tert-OH is 8. The fraction of sp³-hybridized carbons (Fsp3) is 1.00. The highest BCUT2D eigenvalue weighted by Crippen LogP contribution is 2.07. The van der Waals surface area contributed by atoms with Gasteiger partial charge in [0, 0.05) is 0 Å². The molecule has 0 bridgehead atoms. The Labute approximate surface area is 126 Å². The van der Waals surface area contributed by atoms with Crippen LogP contribution >= 0.6 is 0 Å². The van der Waals surface area contributed by atoms with Crippen LogP contribution in [0.2, 0.25) is 0 Å². The summed E-state index contributed by atoms with van der Waals surface area (Å²) in [5.74, 6) is 0. The molecule has 0 aliphatic heterocycles. The molecule has 132 valence electrons. The first-order chi connectivity index (χ1) is 10.3. The first-order valence-corrected chi connectivity index (χ1v) is 6.46. The average Bonchev–Trinajstić information content (AvgIpc) is 2.54. The van der Waals surface area contributed by atoms with Crippen LogP contribution in [0.4, 0.5) is 0 Å². The Morgan fingerprint density at radius 2 is 1.23 bits per heavy atom. The lowest BCUT2D eigenvalue weighted by Gasteiger charge is -2.26. The third kappa shape index (κ3) is 7.26. The summed E-state index contributed by atoms with van der Waals surface area (Å²) in [5, 5.41) is 82.0. The Morgan fingerprint density at radius 3 is 1.68 bits per heavy atom. The van der Waals surface area contributed by atoms with Crippen molar-refractivity contribution < 1.29 is 55.2 Å². The maximum absolute atomic E-state index is 9.48. The first kappa shape index (κ1) is 21.6. The summed E-state index contributed by atoms with van der Waals surface area (Å²) in [5.41, 5.74) is 0. The zero-order chi connectivity index (χ0) is 17.3. The van der Waals surface area contributed by atoms with Gasteiger partial charge in [-0.15, -0.1) is 0 Å². The summed E-state index contributed by atoms with van der Waals surface area (Å²) in [6.07, 6.45) is -9.80. The Morgan fingerprint density at radius 1 is 0.727 bits per heavy atom. The van der Waals surface area contributed by atoms with Crippen molar-refractivity contribution in [1.29, 1.82) is 0 Å². The molecular formula is C10H23BO11. The van der Waals surface area contributed by atoms with Crippen LogP contribution in [-0.2, 0) is 9.31 Å². The van der Waals surface area contributed by atoms with Gasteiger partial charge in [0.15, 0.2) is 0 Å². The predicted octanol–water partition coefficient (Wildman–Crippen LogP) is -5.85. The van der Waals surface area contributed by atoms with E-state index in [1.165, 1.54) is 0 Å². The molecule has 0 aromatic heterocycles. The van der Waals surface area contributed by atoms with E-state index >= 15 is 0 Å². The molecule has 0 saturated carbocycles. The van der Waals surface area contributed by atoms with E-state index in [2.05, 4.69) is 9.31 Å². The lowest BCUT2D eigenvalue weighted by Crippen LogP contribution is -2.47. The van der Waals surface area contributed by atoms with E-state index in [0.717, 1.165) is 0 Å². The molecule has 0 aliphatic carbocycles. The van der Waals surface area contributed by atoms with E-state index in [4.69, 9.17) is 20.4 Å². The van der Waals surface area contributed by atoms with E-state index in [1.54, 1.807) is 0 Å². The van der Waals surface area contributed by atoms with Gasteiger partial charge >= 0.3 is 7.32 Å². The molecule has 0 heterocycles. The summed E-state index contributed by atoms with van der Waals surface area (Å²) in [6.45, 7) is -3.11. The molecule has 6 atom stereocenters. The van der Waals surface area contributed by atoms with Crippen molar-refractivity contribution >= 4 is 7.32 Å². The van der Waals surface area contributed by atoms with E-state index in [1.807, 2.05) is 0 Å². The normalized spacial score (nSPS) is 20.0. The van der Waals surface area contributed by atoms with Gasteiger partial charge in [-0.25, -0.2) is 0 Å². The molecule has 6 unspecified atom stereocenters. The molecule has 0 aromatic carbocycles. The number of hydrogen-bond donors (Lipinski definition) is 9. The van der Waals surface area contributed by atoms with Crippen LogP contribution in [-0.4, -0.2) is 116 Å². The van der Waals surface area contributed by atoms with Crippen LogP contribution in [0, 0.1) is 0 Å². The third-order valence-electron chi connectivity index (χ3n) is 2.82. The van der Waals surface area contributed by atoms with Gasteiger partial charge in [0.2, 0.25) is 0 Å². The van der Waals surface area contributed by atoms with Crippen molar-refractivity contribution in [2.45, 2.75) is 36.6 Å². The molecule has 9 N–H and O–H groups in total. The molecule has 0 rings (SSSR count). The summed E-state index contributed by atoms with van der Waals surface area (Å²) < 4.78 is 9.24. The van der Waals surface area contributed by atoms with Gasteiger partial charge in [0.25, 0.3) is 0 Å². The first-order valence-electron chi connectivity index (χ1n) is 6.46. The van der Waals surface area contributed by atoms with Gasteiger partial charge in [-0.3, -0.25) is 0 Å². The quantitative estimate of drug-likeness (QED) is 0.154. The predicted molar refractivity (Wildman–Crippen MR) is 70.1 cm³/mol. The second-order valence-electron chi connectivity index (χ2n) is 4.55. The molecular weight excluding hydrogens is 307 g/mol. The molecule has 0 amide bonds. The maximum atomic E-state index is 9.48.